The maximum atomic E-state index is 11.6. The van der Waals surface area contributed by atoms with E-state index in [-0.39, 0.29) is 10.8 Å². The van der Waals surface area contributed by atoms with Gasteiger partial charge in [0.2, 0.25) is 10.0 Å². The number of benzene rings is 1. The molecule has 1 rings (SSSR count). The number of unbranched alkanes of at least 4 members (excludes halogenated alkanes) is 1. The van der Waals surface area contributed by atoms with Gasteiger partial charge in [-0.1, -0.05) is 27.2 Å². The molecule has 0 bridgehead atoms. The van der Waals surface area contributed by atoms with Crippen LogP contribution in [0.3, 0.4) is 0 Å². The molecule has 0 radical (unpaired) electrons. The first-order chi connectivity index (χ1) is 8.77. The third kappa shape index (κ3) is 4.21. The van der Waals surface area contributed by atoms with Crippen molar-refractivity contribution in [1.82, 2.24) is 0 Å². The Morgan fingerprint density at radius 3 is 2.42 bits per heavy atom. The molecule has 0 fully saturated rings. The number of nitrogens with two attached hydrogens (primary N) is 1. The molecule has 0 aromatic heterocycles. The van der Waals surface area contributed by atoms with E-state index >= 15 is 0 Å². The zero-order chi connectivity index (χ0) is 14.6. The van der Waals surface area contributed by atoms with Crippen molar-refractivity contribution >= 4 is 10.0 Å². The van der Waals surface area contributed by atoms with Crippen LogP contribution in [0.4, 0.5) is 0 Å². The summed E-state index contributed by atoms with van der Waals surface area (Å²) in [6.45, 7) is 8.45. The van der Waals surface area contributed by atoms with E-state index in [9.17, 15) is 8.42 Å². The Labute approximate surface area is 116 Å². The molecular formula is C14H23NO3S. The summed E-state index contributed by atoms with van der Waals surface area (Å²) >= 11 is 0. The molecule has 0 saturated carbocycles. The van der Waals surface area contributed by atoms with Gasteiger partial charge < -0.3 is 4.74 Å². The average Bonchev–Trinajstić information content (AvgIpc) is 2.29. The largest absolute Gasteiger partial charge is 0.493 e. The van der Waals surface area contributed by atoms with E-state index in [2.05, 4.69) is 6.92 Å². The van der Waals surface area contributed by atoms with Crippen molar-refractivity contribution in [2.24, 2.45) is 5.14 Å². The fraction of sp³-hybridized carbons (Fsp3) is 0.571. The van der Waals surface area contributed by atoms with Crippen LogP contribution in [0.15, 0.2) is 17.0 Å². The van der Waals surface area contributed by atoms with Gasteiger partial charge in [0.25, 0.3) is 0 Å². The second kappa shape index (κ2) is 6.39. The first-order valence-electron chi connectivity index (χ1n) is 6.57. The molecule has 0 aliphatic heterocycles. The lowest BCUT2D eigenvalue weighted by Crippen LogP contribution is -2.16. The summed E-state index contributed by atoms with van der Waals surface area (Å²) in [7, 11) is -3.70. The SMILES string of the molecule is CCCCOc1cc(C(C)C)c(S(N)(=O)=O)cc1C. The molecule has 0 amide bonds. The van der Waals surface area contributed by atoms with Crippen LogP contribution in [0, 0.1) is 6.92 Å². The van der Waals surface area contributed by atoms with Gasteiger partial charge in [-0.25, -0.2) is 13.6 Å². The summed E-state index contributed by atoms with van der Waals surface area (Å²) in [6, 6.07) is 3.40. The number of hydrogen-bond acceptors (Lipinski definition) is 3. The maximum absolute atomic E-state index is 11.6. The summed E-state index contributed by atoms with van der Waals surface area (Å²) in [5.74, 6) is 0.812. The van der Waals surface area contributed by atoms with Crippen molar-refractivity contribution in [1.29, 1.82) is 0 Å². The zero-order valence-corrected chi connectivity index (χ0v) is 12.9. The van der Waals surface area contributed by atoms with Crippen LogP contribution in [0.5, 0.6) is 5.75 Å². The first kappa shape index (κ1) is 16.0. The lowest BCUT2D eigenvalue weighted by atomic mass is 10.0. The van der Waals surface area contributed by atoms with Gasteiger partial charge >= 0.3 is 0 Å². The predicted molar refractivity (Wildman–Crippen MR) is 77.0 cm³/mol. The molecule has 19 heavy (non-hydrogen) atoms. The number of aryl methyl sites for hydroxylation is 1. The van der Waals surface area contributed by atoms with Crippen LogP contribution < -0.4 is 9.88 Å². The van der Waals surface area contributed by atoms with E-state index in [1.165, 1.54) is 0 Å². The van der Waals surface area contributed by atoms with Crippen molar-refractivity contribution < 1.29 is 13.2 Å². The molecule has 0 atom stereocenters. The number of hydrogen-bond donors (Lipinski definition) is 1. The molecule has 5 heteroatoms. The van der Waals surface area contributed by atoms with E-state index < -0.39 is 10.0 Å². The Morgan fingerprint density at radius 2 is 1.95 bits per heavy atom. The molecule has 4 nitrogen and oxygen atoms in total. The highest BCUT2D eigenvalue weighted by atomic mass is 32.2. The van der Waals surface area contributed by atoms with Crippen molar-refractivity contribution in [2.75, 3.05) is 6.61 Å². The molecule has 1 aromatic rings. The van der Waals surface area contributed by atoms with Gasteiger partial charge in [0.05, 0.1) is 11.5 Å². The van der Waals surface area contributed by atoms with Crippen molar-refractivity contribution in [3.63, 3.8) is 0 Å². The van der Waals surface area contributed by atoms with Crippen LogP contribution >= 0.6 is 0 Å². The Morgan fingerprint density at radius 1 is 1.32 bits per heavy atom. The van der Waals surface area contributed by atoms with Gasteiger partial charge in [-0.2, -0.15) is 0 Å². The van der Waals surface area contributed by atoms with Crippen LogP contribution in [-0.2, 0) is 10.0 Å². The molecule has 0 spiro atoms. The van der Waals surface area contributed by atoms with Crippen molar-refractivity contribution in [3.05, 3.63) is 23.3 Å². The highest BCUT2D eigenvalue weighted by Crippen LogP contribution is 2.30. The van der Waals surface area contributed by atoms with Crippen LogP contribution in [0.1, 0.15) is 50.7 Å². The molecular weight excluding hydrogens is 262 g/mol. The molecule has 0 saturated heterocycles. The minimum absolute atomic E-state index is 0.0717. The highest BCUT2D eigenvalue weighted by Gasteiger charge is 2.19. The minimum atomic E-state index is -3.70. The Hall–Kier alpha value is -1.07. The summed E-state index contributed by atoms with van der Waals surface area (Å²) in [5, 5.41) is 5.27. The molecule has 108 valence electrons. The van der Waals surface area contributed by atoms with E-state index in [0.717, 1.165) is 24.2 Å². The zero-order valence-electron chi connectivity index (χ0n) is 12.1. The standard InChI is InChI=1S/C14H23NO3S/c1-5-6-7-18-13-9-12(10(2)3)14(8-11(13)4)19(15,16)17/h8-10H,5-7H2,1-4H3,(H2,15,16,17). The fourth-order valence-electron chi connectivity index (χ4n) is 1.86. The van der Waals surface area contributed by atoms with Crippen molar-refractivity contribution in [2.45, 2.75) is 51.3 Å². The second-order valence-corrected chi connectivity index (χ2v) is 6.59. The van der Waals surface area contributed by atoms with E-state index in [4.69, 9.17) is 9.88 Å². The lowest BCUT2D eigenvalue weighted by molar-refractivity contribution is 0.306. The molecule has 0 heterocycles. The molecule has 0 aliphatic rings. The van der Waals surface area contributed by atoms with Crippen molar-refractivity contribution in [3.8, 4) is 5.75 Å². The number of sulfonamides is 1. The number of rotatable bonds is 6. The highest BCUT2D eigenvalue weighted by molar-refractivity contribution is 7.89. The smallest absolute Gasteiger partial charge is 0.238 e. The number of primary sulfonamides is 1. The van der Waals surface area contributed by atoms with E-state index in [1.807, 2.05) is 20.8 Å². The van der Waals surface area contributed by atoms with Gasteiger partial charge in [0.1, 0.15) is 5.75 Å². The first-order valence-corrected chi connectivity index (χ1v) is 8.12. The lowest BCUT2D eigenvalue weighted by Gasteiger charge is -2.16. The molecule has 0 aliphatic carbocycles. The molecule has 1 aromatic carbocycles. The van der Waals surface area contributed by atoms with Gasteiger partial charge in [-0.05, 0) is 42.5 Å². The molecule has 2 N–H and O–H groups in total. The van der Waals surface area contributed by atoms with Crippen LogP contribution in [0.25, 0.3) is 0 Å². The summed E-state index contributed by atoms with van der Waals surface area (Å²) in [4.78, 5) is 0.197. The Kier molecular flexibility index (Phi) is 5.38. The summed E-state index contributed by atoms with van der Waals surface area (Å²) < 4.78 is 28.9. The van der Waals surface area contributed by atoms with E-state index in [0.29, 0.717) is 12.2 Å². The topological polar surface area (TPSA) is 69.4 Å². The third-order valence-electron chi connectivity index (χ3n) is 2.99. The Bertz CT molecular complexity index is 536. The third-order valence-corrected chi connectivity index (χ3v) is 3.96. The van der Waals surface area contributed by atoms with Gasteiger partial charge in [0.15, 0.2) is 0 Å². The minimum Gasteiger partial charge on any atom is -0.493 e. The second-order valence-electron chi connectivity index (χ2n) is 5.06. The fourth-order valence-corrected chi connectivity index (χ4v) is 2.82. The normalized spacial score (nSPS) is 11.9. The van der Waals surface area contributed by atoms with Gasteiger partial charge in [0, 0.05) is 0 Å². The van der Waals surface area contributed by atoms with Crippen LogP contribution in [-0.4, -0.2) is 15.0 Å². The van der Waals surface area contributed by atoms with Crippen LogP contribution in [0.2, 0.25) is 0 Å². The molecule has 0 unspecified atom stereocenters. The number of ether oxygens (including phenoxy) is 1. The quantitative estimate of drug-likeness (QED) is 0.817. The maximum Gasteiger partial charge on any atom is 0.238 e. The summed E-state index contributed by atoms with van der Waals surface area (Å²) in [6.07, 6.45) is 2.04. The summed E-state index contributed by atoms with van der Waals surface area (Å²) in [5.41, 5.74) is 1.50. The van der Waals surface area contributed by atoms with Gasteiger partial charge in [-0.15, -0.1) is 0 Å². The monoisotopic (exact) mass is 285 g/mol. The average molecular weight is 285 g/mol. The van der Waals surface area contributed by atoms with E-state index in [1.54, 1.807) is 12.1 Å². The predicted octanol–water partition coefficient (Wildman–Crippen LogP) is 2.94. The van der Waals surface area contributed by atoms with Gasteiger partial charge in [-0.3, -0.25) is 0 Å². The Balaban J connectivity index is 3.21.